The molecule has 0 aromatic heterocycles. The quantitative estimate of drug-likeness (QED) is 0.450. The van der Waals surface area contributed by atoms with Crippen LogP contribution in [0.25, 0.3) is 0 Å². The van der Waals surface area contributed by atoms with E-state index >= 15 is 0 Å². The van der Waals surface area contributed by atoms with Gasteiger partial charge in [0.15, 0.2) is 6.10 Å². The van der Waals surface area contributed by atoms with Crippen molar-refractivity contribution in [3.8, 4) is 5.75 Å². The van der Waals surface area contributed by atoms with Crippen molar-refractivity contribution in [1.29, 1.82) is 0 Å². The molecular formula is C14H20O3. The molecule has 1 aromatic rings. The molecule has 94 valence electrons. The first kappa shape index (κ1) is 13.7. The van der Waals surface area contributed by atoms with Crippen LogP contribution in [-0.4, -0.2) is 17.2 Å². The maximum atomic E-state index is 11.5. The van der Waals surface area contributed by atoms with Crippen molar-refractivity contribution in [3.05, 3.63) is 30.3 Å². The summed E-state index contributed by atoms with van der Waals surface area (Å²) in [6, 6.07) is 8.81. The largest absolute Gasteiger partial charge is 0.425 e. The summed E-state index contributed by atoms with van der Waals surface area (Å²) in [6.07, 6.45) is 3.66. The number of esters is 1. The number of aliphatic hydroxyl groups excluding tert-OH is 1. The van der Waals surface area contributed by atoms with Crippen LogP contribution in [0.1, 0.15) is 39.0 Å². The van der Waals surface area contributed by atoms with E-state index in [9.17, 15) is 9.90 Å². The van der Waals surface area contributed by atoms with Gasteiger partial charge < -0.3 is 9.84 Å². The Morgan fingerprint density at radius 1 is 1.24 bits per heavy atom. The molecule has 1 aromatic carbocycles. The van der Waals surface area contributed by atoms with E-state index in [0.717, 1.165) is 25.7 Å². The summed E-state index contributed by atoms with van der Waals surface area (Å²) in [6.45, 7) is 2.13. The molecule has 0 saturated carbocycles. The molecule has 0 heterocycles. The van der Waals surface area contributed by atoms with Gasteiger partial charge in [-0.1, -0.05) is 50.8 Å². The second-order valence-corrected chi connectivity index (χ2v) is 4.10. The number of benzene rings is 1. The normalized spacial score (nSPS) is 12.1. The third-order valence-electron chi connectivity index (χ3n) is 2.56. The van der Waals surface area contributed by atoms with Crippen molar-refractivity contribution in [1.82, 2.24) is 0 Å². The minimum Gasteiger partial charge on any atom is -0.425 e. The fourth-order valence-electron chi connectivity index (χ4n) is 1.56. The Kier molecular flexibility index (Phi) is 6.33. The number of carbonyl (C=O) groups is 1. The molecular weight excluding hydrogens is 216 g/mol. The lowest BCUT2D eigenvalue weighted by molar-refractivity contribution is -0.144. The van der Waals surface area contributed by atoms with Crippen LogP contribution in [-0.2, 0) is 4.79 Å². The number of unbranched alkanes of at least 4 members (excludes halogenated alkanes) is 3. The number of ether oxygens (including phenoxy) is 1. The van der Waals surface area contributed by atoms with Gasteiger partial charge in [-0.3, -0.25) is 0 Å². The van der Waals surface area contributed by atoms with Gasteiger partial charge in [-0.2, -0.15) is 0 Å². The minimum absolute atomic E-state index is 0.477. The first-order chi connectivity index (χ1) is 8.24. The van der Waals surface area contributed by atoms with Crippen LogP contribution >= 0.6 is 0 Å². The smallest absolute Gasteiger partial charge is 0.340 e. The van der Waals surface area contributed by atoms with Gasteiger partial charge in [0.05, 0.1) is 0 Å². The number of hydrogen-bond donors (Lipinski definition) is 1. The highest BCUT2D eigenvalue weighted by Gasteiger charge is 2.16. The molecule has 1 rings (SSSR count). The van der Waals surface area contributed by atoms with E-state index in [1.807, 2.05) is 6.07 Å². The summed E-state index contributed by atoms with van der Waals surface area (Å²) < 4.78 is 5.04. The summed E-state index contributed by atoms with van der Waals surface area (Å²) in [5.74, 6) is -0.0854. The molecule has 3 heteroatoms. The molecule has 1 unspecified atom stereocenters. The number of aliphatic hydroxyl groups is 1. The Morgan fingerprint density at radius 3 is 2.59 bits per heavy atom. The molecule has 3 nitrogen and oxygen atoms in total. The molecule has 1 atom stereocenters. The van der Waals surface area contributed by atoms with Gasteiger partial charge in [0, 0.05) is 0 Å². The zero-order chi connectivity index (χ0) is 12.5. The van der Waals surface area contributed by atoms with Crippen LogP contribution < -0.4 is 4.74 Å². The van der Waals surface area contributed by atoms with Crippen LogP contribution in [0.2, 0.25) is 0 Å². The van der Waals surface area contributed by atoms with Gasteiger partial charge in [0.1, 0.15) is 5.75 Å². The number of hydrogen-bond acceptors (Lipinski definition) is 3. The minimum atomic E-state index is -1.01. The average molecular weight is 236 g/mol. The number of para-hydroxylation sites is 1. The third kappa shape index (κ3) is 5.50. The van der Waals surface area contributed by atoms with E-state index in [1.165, 1.54) is 0 Å². The standard InChI is InChI=1S/C14H20O3/c1-2-3-4-8-11-13(15)14(16)17-12-9-6-5-7-10-12/h5-7,9-10,13,15H,2-4,8,11H2,1H3. The molecule has 0 fully saturated rings. The van der Waals surface area contributed by atoms with Gasteiger partial charge in [0.2, 0.25) is 0 Å². The zero-order valence-corrected chi connectivity index (χ0v) is 10.3. The van der Waals surface area contributed by atoms with Gasteiger partial charge >= 0.3 is 5.97 Å². The van der Waals surface area contributed by atoms with Crippen molar-refractivity contribution in [3.63, 3.8) is 0 Å². The van der Waals surface area contributed by atoms with Crippen molar-refractivity contribution in [2.24, 2.45) is 0 Å². The monoisotopic (exact) mass is 236 g/mol. The molecule has 0 spiro atoms. The first-order valence-electron chi connectivity index (χ1n) is 6.19. The zero-order valence-electron chi connectivity index (χ0n) is 10.3. The maximum Gasteiger partial charge on any atom is 0.340 e. The van der Waals surface area contributed by atoms with Gasteiger partial charge in [-0.25, -0.2) is 4.79 Å². The van der Waals surface area contributed by atoms with E-state index in [1.54, 1.807) is 24.3 Å². The van der Waals surface area contributed by atoms with Gasteiger partial charge in [-0.05, 0) is 18.6 Å². The molecule has 0 saturated heterocycles. The van der Waals surface area contributed by atoms with Crippen LogP contribution in [0.15, 0.2) is 30.3 Å². The van der Waals surface area contributed by atoms with E-state index in [0.29, 0.717) is 12.2 Å². The van der Waals surface area contributed by atoms with E-state index in [-0.39, 0.29) is 0 Å². The fraction of sp³-hybridized carbons (Fsp3) is 0.500. The lowest BCUT2D eigenvalue weighted by atomic mass is 10.1. The Morgan fingerprint density at radius 2 is 1.94 bits per heavy atom. The van der Waals surface area contributed by atoms with Crippen molar-refractivity contribution < 1.29 is 14.6 Å². The summed E-state index contributed by atoms with van der Waals surface area (Å²) >= 11 is 0. The Balaban J connectivity index is 2.27. The lowest BCUT2D eigenvalue weighted by Gasteiger charge is -2.09. The second-order valence-electron chi connectivity index (χ2n) is 4.10. The maximum absolute atomic E-state index is 11.5. The fourth-order valence-corrected chi connectivity index (χ4v) is 1.56. The number of carbonyl (C=O) groups excluding carboxylic acids is 1. The van der Waals surface area contributed by atoms with Crippen LogP contribution in [0.4, 0.5) is 0 Å². The summed E-state index contributed by atoms with van der Waals surface area (Å²) in [7, 11) is 0. The third-order valence-corrected chi connectivity index (χ3v) is 2.56. The molecule has 0 radical (unpaired) electrons. The SMILES string of the molecule is CCCCCCC(O)C(=O)Oc1ccccc1. The highest BCUT2D eigenvalue weighted by atomic mass is 16.5. The topological polar surface area (TPSA) is 46.5 Å². The predicted molar refractivity (Wildman–Crippen MR) is 66.8 cm³/mol. The highest BCUT2D eigenvalue weighted by Crippen LogP contribution is 2.11. The molecule has 0 aliphatic rings. The molecule has 0 bridgehead atoms. The highest BCUT2D eigenvalue weighted by molar-refractivity contribution is 5.76. The van der Waals surface area contributed by atoms with Gasteiger partial charge in [0.25, 0.3) is 0 Å². The summed E-state index contributed by atoms with van der Waals surface area (Å²) in [5, 5.41) is 9.60. The van der Waals surface area contributed by atoms with Crippen molar-refractivity contribution in [2.45, 2.75) is 45.1 Å². The van der Waals surface area contributed by atoms with Crippen LogP contribution in [0.3, 0.4) is 0 Å². The van der Waals surface area contributed by atoms with E-state index in [2.05, 4.69) is 6.92 Å². The Hall–Kier alpha value is -1.35. The average Bonchev–Trinajstić information content (AvgIpc) is 2.35. The van der Waals surface area contributed by atoms with Crippen LogP contribution in [0, 0.1) is 0 Å². The summed E-state index contributed by atoms with van der Waals surface area (Å²) in [5.41, 5.74) is 0. The lowest BCUT2D eigenvalue weighted by Crippen LogP contribution is -2.25. The Labute approximate surface area is 102 Å². The predicted octanol–water partition coefficient (Wildman–Crippen LogP) is 2.92. The van der Waals surface area contributed by atoms with E-state index < -0.39 is 12.1 Å². The van der Waals surface area contributed by atoms with Crippen molar-refractivity contribution in [2.75, 3.05) is 0 Å². The van der Waals surface area contributed by atoms with Gasteiger partial charge in [-0.15, -0.1) is 0 Å². The molecule has 0 amide bonds. The molecule has 1 N–H and O–H groups in total. The Bertz CT molecular complexity index is 321. The van der Waals surface area contributed by atoms with Crippen molar-refractivity contribution >= 4 is 5.97 Å². The molecule has 17 heavy (non-hydrogen) atoms. The molecule has 0 aliphatic heterocycles. The first-order valence-corrected chi connectivity index (χ1v) is 6.19. The summed E-state index contributed by atoms with van der Waals surface area (Å²) in [4.78, 5) is 11.5. The molecule has 0 aliphatic carbocycles. The van der Waals surface area contributed by atoms with Crippen LogP contribution in [0.5, 0.6) is 5.75 Å². The van der Waals surface area contributed by atoms with E-state index in [4.69, 9.17) is 4.74 Å². The second kappa shape index (κ2) is 7.85. The number of rotatable bonds is 7.